The highest BCUT2D eigenvalue weighted by atomic mass is 32.1. The van der Waals surface area contributed by atoms with Crippen LogP contribution in [-0.2, 0) is 0 Å². The molecule has 3 nitrogen and oxygen atoms in total. The largest absolute Gasteiger partial charge is 0.432 e. The maximum absolute atomic E-state index is 4.68. The molecule has 1 aromatic heterocycles. The predicted octanol–water partition coefficient (Wildman–Crippen LogP) is 0.931. The van der Waals surface area contributed by atoms with Gasteiger partial charge < -0.3 is 4.42 Å². The topological polar surface area (TPSA) is 38.1 Å². The average molecular weight is 116 g/mol. The van der Waals surface area contributed by atoms with Crippen LogP contribution in [0.4, 0.5) is 6.01 Å². The van der Waals surface area contributed by atoms with Gasteiger partial charge in [-0.2, -0.15) is 0 Å². The third-order valence-electron chi connectivity index (χ3n) is 0.528. The smallest absolute Gasteiger partial charge is 0.304 e. The van der Waals surface area contributed by atoms with Crippen molar-refractivity contribution in [3.63, 3.8) is 0 Å². The summed E-state index contributed by atoms with van der Waals surface area (Å²) >= 11 is 3.67. The molecule has 0 aromatic carbocycles. The fourth-order valence-electron chi connectivity index (χ4n) is 0.279. The van der Waals surface area contributed by atoms with Gasteiger partial charge in [0.2, 0.25) is 0 Å². The van der Waals surface area contributed by atoms with Crippen LogP contribution < -0.4 is 4.72 Å². The molecule has 0 aliphatic carbocycles. The van der Waals surface area contributed by atoms with Crippen molar-refractivity contribution in [3.8, 4) is 0 Å². The number of thiol groups is 1. The normalized spacial score (nSPS) is 8.71. The fourth-order valence-corrected chi connectivity index (χ4v) is 0.389. The van der Waals surface area contributed by atoms with E-state index >= 15 is 0 Å². The highest BCUT2D eigenvalue weighted by Crippen LogP contribution is 1.99. The lowest BCUT2D eigenvalue weighted by atomic mass is 11.0. The molecule has 4 heteroatoms. The van der Waals surface area contributed by atoms with Crippen LogP contribution >= 0.6 is 12.8 Å². The second kappa shape index (κ2) is 1.88. The summed E-state index contributed by atoms with van der Waals surface area (Å²) < 4.78 is 7.11. The van der Waals surface area contributed by atoms with Crippen LogP contribution in [0.25, 0.3) is 0 Å². The van der Waals surface area contributed by atoms with E-state index in [1.807, 2.05) is 0 Å². The van der Waals surface area contributed by atoms with Gasteiger partial charge in [-0.05, 0) is 0 Å². The Morgan fingerprint density at radius 2 is 2.71 bits per heavy atom. The first kappa shape index (κ1) is 4.52. The van der Waals surface area contributed by atoms with Gasteiger partial charge in [0.05, 0.1) is 6.20 Å². The number of hydrogen-bond acceptors (Lipinski definition) is 4. The second-order valence-corrected chi connectivity index (χ2v) is 1.17. The number of nitrogens with one attached hydrogen (secondary N) is 1. The Hall–Kier alpha value is -0.640. The summed E-state index contributed by atoms with van der Waals surface area (Å²) in [6.45, 7) is 0. The Morgan fingerprint density at radius 1 is 1.86 bits per heavy atom. The van der Waals surface area contributed by atoms with Gasteiger partial charge in [-0.3, -0.25) is 4.72 Å². The average Bonchev–Trinajstić information content (AvgIpc) is 2.14. The van der Waals surface area contributed by atoms with E-state index in [9.17, 15) is 0 Å². The van der Waals surface area contributed by atoms with E-state index in [2.05, 4.69) is 26.9 Å². The molecule has 1 aromatic rings. The number of oxazole rings is 1. The maximum Gasteiger partial charge on any atom is 0.304 e. The minimum atomic E-state index is 0.420. The number of aromatic nitrogens is 1. The summed E-state index contributed by atoms with van der Waals surface area (Å²) in [4.78, 5) is 3.68. The van der Waals surface area contributed by atoms with Crippen LogP contribution in [0.5, 0.6) is 0 Å². The first-order valence-electron chi connectivity index (χ1n) is 1.73. The van der Waals surface area contributed by atoms with Crippen molar-refractivity contribution in [2.24, 2.45) is 0 Å². The Labute approximate surface area is 46.3 Å². The third-order valence-corrected chi connectivity index (χ3v) is 0.719. The molecule has 7 heavy (non-hydrogen) atoms. The molecule has 0 atom stereocenters. The van der Waals surface area contributed by atoms with Gasteiger partial charge in [-0.25, -0.2) is 4.98 Å². The second-order valence-electron chi connectivity index (χ2n) is 0.949. The van der Waals surface area contributed by atoms with Crippen molar-refractivity contribution in [1.29, 1.82) is 0 Å². The molecule has 0 amide bonds. The molecule has 1 N–H and O–H groups in total. The number of hydrogen-bond donors (Lipinski definition) is 2. The van der Waals surface area contributed by atoms with Crippen molar-refractivity contribution < 1.29 is 4.42 Å². The van der Waals surface area contributed by atoms with Gasteiger partial charge in [0.15, 0.2) is 0 Å². The fraction of sp³-hybridized carbons (Fsp3) is 0. The minimum Gasteiger partial charge on any atom is -0.432 e. The summed E-state index contributed by atoms with van der Waals surface area (Å²) in [6.07, 6.45) is 3.01. The molecule has 0 saturated heterocycles. The SMILES string of the molecule is SNc1ncco1. The molecule has 1 rings (SSSR count). The quantitative estimate of drug-likeness (QED) is 0.536. The van der Waals surface area contributed by atoms with Crippen molar-refractivity contribution >= 4 is 18.8 Å². The van der Waals surface area contributed by atoms with E-state index in [0.29, 0.717) is 6.01 Å². The van der Waals surface area contributed by atoms with Crippen LogP contribution in [-0.4, -0.2) is 4.98 Å². The van der Waals surface area contributed by atoms with E-state index in [1.165, 1.54) is 6.26 Å². The van der Waals surface area contributed by atoms with E-state index in [1.54, 1.807) is 6.20 Å². The summed E-state index contributed by atoms with van der Waals surface area (Å²) in [5.74, 6) is 0. The highest BCUT2D eigenvalue weighted by molar-refractivity contribution is 7.81. The van der Waals surface area contributed by atoms with Crippen LogP contribution in [0.3, 0.4) is 0 Å². The number of rotatable bonds is 1. The summed E-state index contributed by atoms with van der Waals surface area (Å²) in [7, 11) is 0. The Kier molecular flexibility index (Phi) is 1.21. The monoisotopic (exact) mass is 116 g/mol. The van der Waals surface area contributed by atoms with Crippen LogP contribution in [0.1, 0.15) is 0 Å². The zero-order chi connectivity index (χ0) is 5.11. The zero-order valence-electron chi connectivity index (χ0n) is 3.46. The molecule has 1 heterocycles. The Bertz CT molecular complexity index is 127. The lowest BCUT2D eigenvalue weighted by Crippen LogP contribution is -1.75. The first-order chi connectivity index (χ1) is 3.43. The Morgan fingerprint density at radius 3 is 3.00 bits per heavy atom. The molecule has 0 radical (unpaired) electrons. The molecule has 0 aliphatic rings. The van der Waals surface area contributed by atoms with Crippen LogP contribution in [0.2, 0.25) is 0 Å². The lowest BCUT2D eigenvalue weighted by Gasteiger charge is -1.81. The van der Waals surface area contributed by atoms with Crippen molar-refractivity contribution in [2.45, 2.75) is 0 Å². The van der Waals surface area contributed by atoms with Crippen molar-refractivity contribution in [1.82, 2.24) is 4.98 Å². The zero-order valence-corrected chi connectivity index (χ0v) is 4.35. The highest BCUT2D eigenvalue weighted by Gasteiger charge is 1.85. The van der Waals surface area contributed by atoms with Crippen LogP contribution in [0, 0.1) is 0 Å². The minimum absolute atomic E-state index is 0.420. The van der Waals surface area contributed by atoms with E-state index in [4.69, 9.17) is 0 Å². The number of anilines is 1. The summed E-state index contributed by atoms with van der Waals surface area (Å²) in [5, 5.41) is 0. The molecule has 0 fully saturated rings. The molecule has 0 aliphatic heterocycles. The first-order valence-corrected chi connectivity index (χ1v) is 2.18. The van der Waals surface area contributed by atoms with Gasteiger partial charge >= 0.3 is 6.01 Å². The molecule has 38 valence electrons. The molecular formula is C3H4N2OS. The van der Waals surface area contributed by atoms with Gasteiger partial charge in [0.1, 0.15) is 6.26 Å². The number of nitrogens with zero attached hydrogens (tertiary/aromatic N) is 1. The standard InChI is InChI=1S/C3H4N2OS/c7-5-3-4-1-2-6-3/h1-2,7H,(H,4,5). The van der Waals surface area contributed by atoms with Gasteiger partial charge in [0.25, 0.3) is 0 Å². The lowest BCUT2D eigenvalue weighted by molar-refractivity contribution is 0.581. The summed E-state index contributed by atoms with van der Waals surface area (Å²) in [6, 6.07) is 0.420. The van der Waals surface area contributed by atoms with Gasteiger partial charge in [-0.15, -0.1) is 0 Å². The van der Waals surface area contributed by atoms with Gasteiger partial charge in [0, 0.05) is 0 Å². The van der Waals surface area contributed by atoms with Gasteiger partial charge in [-0.1, -0.05) is 12.8 Å². The third kappa shape index (κ3) is 0.866. The van der Waals surface area contributed by atoms with Crippen molar-refractivity contribution in [3.05, 3.63) is 12.5 Å². The maximum atomic E-state index is 4.68. The van der Waals surface area contributed by atoms with E-state index in [-0.39, 0.29) is 0 Å². The Balaban J connectivity index is 2.76. The molecule has 0 saturated carbocycles. The van der Waals surface area contributed by atoms with Crippen LogP contribution in [0.15, 0.2) is 16.9 Å². The molecular weight excluding hydrogens is 112 g/mol. The van der Waals surface area contributed by atoms with E-state index in [0.717, 1.165) is 0 Å². The molecule has 0 spiro atoms. The predicted molar refractivity (Wildman–Crippen MR) is 29.1 cm³/mol. The summed E-state index contributed by atoms with van der Waals surface area (Å²) in [5.41, 5.74) is 0. The molecule has 0 unspecified atom stereocenters. The van der Waals surface area contributed by atoms with Crippen molar-refractivity contribution in [2.75, 3.05) is 4.72 Å². The molecule has 0 bridgehead atoms. The van der Waals surface area contributed by atoms with E-state index < -0.39 is 0 Å².